The van der Waals surface area contributed by atoms with Gasteiger partial charge in [0.2, 0.25) is 5.91 Å². The van der Waals surface area contributed by atoms with Crippen LogP contribution >= 0.6 is 12.5 Å². The molecule has 8 heteroatoms. The van der Waals surface area contributed by atoms with Gasteiger partial charge in [0, 0.05) is 4.90 Å². The molecular weight excluding hydrogens is 452 g/mol. The van der Waals surface area contributed by atoms with Crippen molar-refractivity contribution in [2.24, 2.45) is 0 Å². The van der Waals surface area contributed by atoms with E-state index in [2.05, 4.69) is 10.6 Å². The quantitative estimate of drug-likeness (QED) is 0.300. The maximum absolute atomic E-state index is 13.0. The van der Waals surface area contributed by atoms with E-state index in [1.54, 1.807) is 24.3 Å². The van der Waals surface area contributed by atoms with Gasteiger partial charge in [-0.1, -0.05) is 78.9 Å². The lowest BCUT2D eigenvalue weighted by atomic mass is 10.1. The smallest absolute Gasteiger partial charge is 0.408 e. The maximum atomic E-state index is 13.0. The molecule has 7 nitrogen and oxygen atoms in total. The molecule has 0 fully saturated rings. The largest absolute Gasteiger partial charge is 0.459 e. The Hall–Kier alpha value is -3.78. The number of hydrogen-bond donors (Lipinski definition) is 3. The molecule has 0 saturated carbocycles. The number of nitrogens with one attached hydrogen (secondary N) is 2. The second-order valence-electron chi connectivity index (χ2n) is 7.50. The summed E-state index contributed by atoms with van der Waals surface area (Å²) < 4.78 is 18.3. The number of amides is 2. The molecule has 3 aromatic carbocycles. The van der Waals surface area contributed by atoms with E-state index in [4.69, 9.17) is 10.6 Å². The Morgan fingerprint density at radius 2 is 1.38 bits per heavy atom. The normalized spacial score (nSPS) is 12.6. The van der Waals surface area contributed by atoms with Crippen LogP contribution in [0.3, 0.4) is 0 Å². The first kappa shape index (κ1) is 23.4. The molecule has 0 radical (unpaired) electrons. The molecule has 0 saturated heterocycles. The second kappa shape index (κ2) is 12.5. The van der Waals surface area contributed by atoms with E-state index in [0.717, 1.165) is 11.1 Å². The molecule has 0 bridgehead atoms. The molecule has 0 spiro atoms. The summed E-state index contributed by atoms with van der Waals surface area (Å²) in [7, 11) is 0. The summed E-state index contributed by atoms with van der Waals surface area (Å²) >= 11 is 0.707. The van der Waals surface area contributed by atoms with Crippen LogP contribution in [-0.4, -0.2) is 25.1 Å². The third kappa shape index (κ3) is 7.38. The summed E-state index contributed by atoms with van der Waals surface area (Å²) in [6.45, 7) is 1.57. The first-order chi connectivity index (χ1) is 17.0. The number of benzene rings is 3. The van der Waals surface area contributed by atoms with Crippen LogP contribution in [0.4, 0.5) is 4.79 Å². The Bertz CT molecular complexity index is 1130. The molecule has 34 heavy (non-hydrogen) atoms. The lowest BCUT2D eigenvalue weighted by Gasteiger charge is -2.22. The van der Waals surface area contributed by atoms with E-state index in [-0.39, 0.29) is 13.2 Å². The Kier molecular flexibility index (Phi) is 8.57. The van der Waals surface area contributed by atoms with Gasteiger partial charge in [-0.2, -0.15) is 0 Å². The zero-order valence-electron chi connectivity index (χ0n) is 19.6. The predicted molar refractivity (Wildman–Crippen MR) is 130 cm³/mol. The number of carbonyl (C=O) groups is 3. The Balaban J connectivity index is 1.65. The van der Waals surface area contributed by atoms with Crippen molar-refractivity contribution in [2.75, 3.05) is 0 Å². The summed E-state index contributed by atoms with van der Waals surface area (Å²) in [6.07, 6.45) is -0.762. The van der Waals surface area contributed by atoms with E-state index in [1.165, 1.54) is 6.92 Å². The molecule has 3 rings (SSSR count). The van der Waals surface area contributed by atoms with E-state index < -0.39 is 30.1 Å². The van der Waals surface area contributed by atoms with Gasteiger partial charge in [-0.15, -0.1) is 12.5 Å². The summed E-state index contributed by atoms with van der Waals surface area (Å²) in [4.78, 5) is 38.5. The van der Waals surface area contributed by atoms with Gasteiger partial charge in [-0.25, -0.2) is 9.59 Å². The van der Waals surface area contributed by atoms with Gasteiger partial charge in [0.15, 0.2) is 6.04 Å². The average Bonchev–Trinajstić information content (AvgIpc) is 2.90. The minimum absolute atomic E-state index is 0.0296. The number of carbonyl (C=O) groups excluding carboxylic acids is 3. The van der Waals surface area contributed by atoms with Gasteiger partial charge in [-0.3, -0.25) is 4.79 Å². The third-order valence-electron chi connectivity index (χ3n) is 4.92. The van der Waals surface area contributed by atoms with E-state index in [9.17, 15) is 14.4 Å². The predicted octanol–water partition coefficient (Wildman–Crippen LogP) is 4.19. The Labute approximate surface area is 205 Å². The summed E-state index contributed by atoms with van der Waals surface area (Å²) in [6, 6.07) is 22.9. The van der Waals surface area contributed by atoms with Gasteiger partial charge >= 0.3 is 12.1 Å². The molecule has 176 valence electrons. The number of alkyl carbamates (subject to hydrolysis) is 1. The van der Waals surface area contributed by atoms with E-state index in [0.29, 0.717) is 23.0 Å². The molecule has 0 heterocycles. The van der Waals surface area contributed by atoms with Crippen LogP contribution < -0.4 is 10.6 Å². The van der Waals surface area contributed by atoms with Crippen molar-refractivity contribution in [1.82, 2.24) is 10.6 Å². The summed E-state index contributed by atoms with van der Waals surface area (Å²) in [5.74, 6) is -1.28. The molecule has 0 aliphatic carbocycles. The highest BCUT2D eigenvalue weighted by Gasteiger charge is 2.28. The first-order valence-electron chi connectivity index (χ1n) is 11.1. The summed E-state index contributed by atoms with van der Waals surface area (Å²) in [5, 5.41) is 5.11. The molecular formula is C26H26N2O5S. The monoisotopic (exact) mass is 479 g/mol. The highest BCUT2D eigenvalue weighted by molar-refractivity contribution is 7.80. The number of esters is 1. The van der Waals surface area contributed by atoms with Crippen molar-refractivity contribution in [3.63, 3.8) is 0 Å². The topological polar surface area (TPSA) is 93.7 Å². The molecule has 0 aromatic heterocycles. The standard InChI is InChI=1S/C26H26N2O5S/c1-18(27-26(31)33-17-20-12-6-3-7-13-20)24(29)28-23(21-14-8-9-15-22(21)34)25(30)32-16-19-10-4-2-5-11-19/h2-15,18,23,34H,16-17H2,1H3,(H,27,31)(H,28,29)/t18-,23?/m0/s1/i/hD. The third-order valence-corrected chi connectivity index (χ3v) is 5.29. The van der Waals surface area contributed by atoms with Crippen LogP contribution in [0.15, 0.2) is 89.8 Å². The average molecular weight is 480 g/mol. The van der Waals surface area contributed by atoms with Crippen LogP contribution in [0.5, 0.6) is 0 Å². The van der Waals surface area contributed by atoms with Gasteiger partial charge in [0.05, 0.1) is 0 Å². The Morgan fingerprint density at radius 3 is 2.00 bits per heavy atom. The van der Waals surface area contributed by atoms with Crippen LogP contribution in [0.1, 0.15) is 29.7 Å². The maximum Gasteiger partial charge on any atom is 0.408 e. The highest BCUT2D eigenvalue weighted by Crippen LogP contribution is 2.23. The van der Waals surface area contributed by atoms with Crippen molar-refractivity contribution >= 4 is 30.5 Å². The fraction of sp³-hybridized carbons (Fsp3) is 0.192. The number of hydrogen-bond acceptors (Lipinski definition) is 6. The summed E-state index contributed by atoms with van der Waals surface area (Å²) in [5.41, 5.74) is 2.04. The molecule has 2 N–H and O–H groups in total. The minimum Gasteiger partial charge on any atom is -0.459 e. The zero-order chi connectivity index (χ0) is 25.0. The number of thiol groups is 1. The van der Waals surface area contributed by atoms with Crippen LogP contribution in [0.2, 0.25) is 0 Å². The van der Waals surface area contributed by atoms with E-state index >= 15 is 0 Å². The Morgan fingerprint density at radius 1 is 0.824 bits per heavy atom. The van der Waals surface area contributed by atoms with Gasteiger partial charge < -0.3 is 20.1 Å². The van der Waals surface area contributed by atoms with Crippen LogP contribution in [0.25, 0.3) is 0 Å². The molecule has 2 amide bonds. The second-order valence-corrected chi connectivity index (χ2v) is 7.94. The SMILES string of the molecule is [2H]Sc1ccccc1C(NC(=O)[C@H](C)NC(=O)OCc1ccccc1)C(=O)OCc1ccccc1. The first-order valence-corrected chi connectivity index (χ1v) is 11.1. The van der Waals surface area contributed by atoms with E-state index in [1.807, 2.05) is 60.7 Å². The fourth-order valence-electron chi connectivity index (χ4n) is 3.07. The van der Waals surface area contributed by atoms with Crippen LogP contribution in [-0.2, 0) is 32.3 Å². The molecule has 2 atom stereocenters. The fourth-order valence-corrected chi connectivity index (χ4v) is 3.33. The van der Waals surface area contributed by atoms with Crippen molar-refractivity contribution in [3.05, 3.63) is 102 Å². The zero-order valence-corrected chi connectivity index (χ0v) is 19.4. The van der Waals surface area contributed by atoms with Gasteiger partial charge in [0.1, 0.15) is 20.4 Å². The molecule has 0 aliphatic rings. The molecule has 3 aromatic rings. The lowest BCUT2D eigenvalue weighted by Crippen LogP contribution is -2.47. The lowest BCUT2D eigenvalue weighted by molar-refractivity contribution is -0.149. The van der Waals surface area contributed by atoms with Gasteiger partial charge in [-0.05, 0) is 29.7 Å². The molecule has 1 unspecified atom stereocenters. The number of rotatable bonds is 10. The van der Waals surface area contributed by atoms with Crippen LogP contribution in [0, 0.1) is 0 Å². The number of ether oxygens (including phenoxy) is 2. The minimum atomic E-state index is -1.16. The van der Waals surface area contributed by atoms with Crippen molar-refractivity contribution in [2.45, 2.75) is 37.1 Å². The highest BCUT2D eigenvalue weighted by atomic mass is 32.1. The van der Waals surface area contributed by atoms with Crippen molar-refractivity contribution in [1.29, 1.82) is 1.12 Å². The molecule has 0 aliphatic heterocycles. The van der Waals surface area contributed by atoms with Crippen molar-refractivity contribution < 1.29 is 23.9 Å². The van der Waals surface area contributed by atoms with Crippen molar-refractivity contribution in [3.8, 4) is 0 Å². The van der Waals surface area contributed by atoms with Gasteiger partial charge in [0.25, 0.3) is 0 Å².